The van der Waals surface area contributed by atoms with Crippen LogP contribution < -0.4 is 0 Å². The zero-order chi connectivity index (χ0) is 16.9. The Hall–Kier alpha value is -1.43. The minimum absolute atomic E-state index is 0.0672. The van der Waals surface area contributed by atoms with Crippen LogP contribution >= 0.6 is 0 Å². The average molecular weight is 332 g/mol. The number of carbonyl (C=O) groups is 1. The van der Waals surface area contributed by atoms with Crippen LogP contribution in [0.5, 0.6) is 0 Å². The number of aliphatic hydroxyl groups excluding tert-OH is 1. The lowest BCUT2D eigenvalue weighted by molar-refractivity contribution is -0.145. The molecule has 0 bridgehead atoms. The third-order valence-electron chi connectivity index (χ3n) is 5.23. The molecule has 24 heavy (non-hydrogen) atoms. The van der Waals surface area contributed by atoms with Crippen molar-refractivity contribution in [3.05, 3.63) is 35.9 Å². The molecule has 5 nitrogen and oxygen atoms in total. The van der Waals surface area contributed by atoms with E-state index < -0.39 is 6.10 Å². The van der Waals surface area contributed by atoms with E-state index in [1.165, 1.54) is 0 Å². The highest BCUT2D eigenvalue weighted by Crippen LogP contribution is 2.25. The lowest BCUT2D eigenvalue weighted by atomic mass is 10.1. The Morgan fingerprint density at radius 1 is 1.21 bits per heavy atom. The molecule has 0 spiro atoms. The van der Waals surface area contributed by atoms with Crippen LogP contribution in [0.2, 0.25) is 0 Å². The van der Waals surface area contributed by atoms with Gasteiger partial charge in [0.25, 0.3) is 5.91 Å². The summed E-state index contributed by atoms with van der Waals surface area (Å²) >= 11 is 0. The maximum Gasteiger partial charge on any atom is 0.251 e. The van der Waals surface area contributed by atoms with Gasteiger partial charge in [0, 0.05) is 32.2 Å². The second-order valence-corrected chi connectivity index (χ2v) is 6.87. The van der Waals surface area contributed by atoms with Gasteiger partial charge < -0.3 is 14.7 Å². The van der Waals surface area contributed by atoms with Crippen molar-refractivity contribution in [1.29, 1.82) is 0 Å². The smallest absolute Gasteiger partial charge is 0.251 e. The molecule has 0 unspecified atom stereocenters. The van der Waals surface area contributed by atoms with Gasteiger partial charge in [-0.3, -0.25) is 9.69 Å². The van der Waals surface area contributed by atoms with Crippen LogP contribution in [0.3, 0.4) is 0 Å². The summed E-state index contributed by atoms with van der Waals surface area (Å²) in [4.78, 5) is 16.8. The third-order valence-corrected chi connectivity index (χ3v) is 5.23. The number of piperazine rings is 1. The molecular weight excluding hydrogens is 304 g/mol. The molecule has 1 amide bonds. The van der Waals surface area contributed by atoms with Gasteiger partial charge in [-0.15, -0.1) is 0 Å². The van der Waals surface area contributed by atoms with Gasteiger partial charge in [0.1, 0.15) is 6.10 Å². The van der Waals surface area contributed by atoms with Crippen molar-refractivity contribution in [3.8, 4) is 0 Å². The largest absolute Gasteiger partial charge is 0.391 e. The van der Waals surface area contributed by atoms with Gasteiger partial charge in [-0.1, -0.05) is 30.3 Å². The maximum atomic E-state index is 12.5. The number of hydrogen-bond donors (Lipinski definition) is 1. The Kier molecular flexibility index (Phi) is 5.87. The summed E-state index contributed by atoms with van der Waals surface area (Å²) in [6, 6.07) is 10.2. The van der Waals surface area contributed by atoms with Gasteiger partial charge >= 0.3 is 0 Å². The van der Waals surface area contributed by atoms with Crippen LogP contribution in [0.25, 0.3) is 0 Å². The van der Waals surface area contributed by atoms with Crippen LogP contribution in [-0.4, -0.2) is 65.2 Å². The molecule has 1 aliphatic heterocycles. The molecule has 132 valence electrons. The number of amides is 1. The summed E-state index contributed by atoms with van der Waals surface area (Å²) in [5.74, 6) is 0.0672. The van der Waals surface area contributed by atoms with E-state index in [9.17, 15) is 9.90 Å². The number of hydrogen-bond acceptors (Lipinski definition) is 4. The predicted molar refractivity (Wildman–Crippen MR) is 92.5 cm³/mol. The second-order valence-electron chi connectivity index (χ2n) is 6.87. The van der Waals surface area contributed by atoms with E-state index in [1.54, 1.807) is 0 Å². The highest BCUT2D eigenvalue weighted by atomic mass is 16.5. The molecule has 3 rings (SSSR count). The molecule has 1 N–H and O–H groups in total. The quantitative estimate of drug-likeness (QED) is 0.891. The summed E-state index contributed by atoms with van der Waals surface area (Å²) in [5, 5.41) is 10.0. The minimum atomic E-state index is -0.422. The Balaban J connectivity index is 1.44. The molecule has 5 heteroatoms. The minimum Gasteiger partial charge on any atom is -0.391 e. The topological polar surface area (TPSA) is 53.0 Å². The third kappa shape index (κ3) is 4.15. The van der Waals surface area contributed by atoms with Crippen molar-refractivity contribution in [3.63, 3.8) is 0 Å². The summed E-state index contributed by atoms with van der Waals surface area (Å²) < 4.78 is 5.74. The van der Waals surface area contributed by atoms with Gasteiger partial charge in [-0.05, 0) is 31.7 Å². The van der Waals surface area contributed by atoms with Gasteiger partial charge in [-0.25, -0.2) is 0 Å². The van der Waals surface area contributed by atoms with Gasteiger partial charge in [0.05, 0.1) is 12.7 Å². The van der Waals surface area contributed by atoms with Crippen LogP contribution in [-0.2, 0) is 16.1 Å². The summed E-state index contributed by atoms with van der Waals surface area (Å²) in [7, 11) is 0. The molecule has 1 aliphatic carbocycles. The fourth-order valence-corrected chi connectivity index (χ4v) is 3.74. The molecule has 1 aromatic carbocycles. The lowest BCUT2D eigenvalue weighted by Crippen LogP contribution is -2.55. The summed E-state index contributed by atoms with van der Waals surface area (Å²) in [6.07, 6.45) is 2.48. The predicted octanol–water partition coefficient (Wildman–Crippen LogP) is 1.65. The number of carbonyl (C=O) groups excluding carboxylic acids is 1. The van der Waals surface area contributed by atoms with Crippen molar-refractivity contribution in [2.45, 2.75) is 51.0 Å². The molecule has 1 saturated heterocycles. The number of benzene rings is 1. The molecular formula is C19H28N2O3. The van der Waals surface area contributed by atoms with Gasteiger partial charge in [0.15, 0.2) is 0 Å². The Morgan fingerprint density at radius 3 is 2.54 bits per heavy atom. The lowest BCUT2D eigenvalue weighted by Gasteiger charge is -2.39. The molecule has 2 aliphatic rings. The van der Waals surface area contributed by atoms with E-state index in [-0.39, 0.29) is 18.1 Å². The number of ether oxygens (including phenoxy) is 1. The van der Waals surface area contributed by atoms with Crippen LogP contribution in [0, 0.1) is 0 Å². The number of aliphatic hydroxyl groups is 1. The molecule has 0 aromatic heterocycles. The van der Waals surface area contributed by atoms with Crippen molar-refractivity contribution >= 4 is 5.91 Å². The van der Waals surface area contributed by atoms with E-state index in [0.29, 0.717) is 6.61 Å². The molecule has 2 fully saturated rings. The average Bonchev–Trinajstić information content (AvgIpc) is 3.06. The van der Waals surface area contributed by atoms with Crippen molar-refractivity contribution in [1.82, 2.24) is 9.80 Å². The highest BCUT2D eigenvalue weighted by Gasteiger charge is 2.34. The first-order valence-electron chi connectivity index (χ1n) is 9.01. The first-order chi connectivity index (χ1) is 11.6. The van der Waals surface area contributed by atoms with Crippen LogP contribution in [0.4, 0.5) is 0 Å². The van der Waals surface area contributed by atoms with E-state index >= 15 is 0 Å². The Labute approximate surface area is 144 Å². The first-order valence-corrected chi connectivity index (χ1v) is 9.01. The monoisotopic (exact) mass is 332 g/mol. The standard InChI is InChI=1S/C19H28N2O3/c1-15(24-14-16-6-3-2-4-7-16)19(23)21-12-10-20(11-13-21)17-8-5-9-18(17)22/h2-4,6-7,15,17-18,22H,5,8-14H2,1H3/t15-,17+,18+/m0/s1. The van der Waals surface area contributed by atoms with E-state index in [0.717, 1.165) is 51.0 Å². The molecule has 1 heterocycles. The van der Waals surface area contributed by atoms with E-state index in [4.69, 9.17) is 4.74 Å². The highest BCUT2D eigenvalue weighted by molar-refractivity contribution is 5.80. The van der Waals surface area contributed by atoms with Crippen molar-refractivity contribution in [2.24, 2.45) is 0 Å². The van der Waals surface area contributed by atoms with Crippen molar-refractivity contribution in [2.75, 3.05) is 26.2 Å². The molecule has 0 radical (unpaired) electrons. The Bertz CT molecular complexity index is 529. The number of rotatable bonds is 5. The fourth-order valence-electron chi connectivity index (χ4n) is 3.74. The molecule has 3 atom stereocenters. The first kappa shape index (κ1) is 17.4. The zero-order valence-electron chi connectivity index (χ0n) is 14.4. The van der Waals surface area contributed by atoms with Crippen LogP contribution in [0.15, 0.2) is 30.3 Å². The fraction of sp³-hybridized carbons (Fsp3) is 0.632. The SMILES string of the molecule is C[C@H](OCc1ccccc1)C(=O)N1CCN([C@@H]2CCC[C@H]2O)CC1. The van der Waals surface area contributed by atoms with Crippen LogP contribution in [0.1, 0.15) is 31.7 Å². The van der Waals surface area contributed by atoms with E-state index in [1.807, 2.05) is 42.2 Å². The molecule has 1 saturated carbocycles. The summed E-state index contributed by atoms with van der Waals surface area (Å²) in [6.45, 7) is 5.43. The normalized spacial score (nSPS) is 26.5. The van der Waals surface area contributed by atoms with E-state index in [2.05, 4.69) is 4.90 Å². The van der Waals surface area contributed by atoms with Crippen molar-refractivity contribution < 1.29 is 14.6 Å². The maximum absolute atomic E-state index is 12.5. The molecule has 1 aromatic rings. The zero-order valence-corrected chi connectivity index (χ0v) is 14.4. The summed E-state index contributed by atoms with van der Waals surface area (Å²) in [5.41, 5.74) is 1.08. The Morgan fingerprint density at radius 2 is 1.92 bits per heavy atom. The van der Waals surface area contributed by atoms with Gasteiger partial charge in [-0.2, -0.15) is 0 Å². The van der Waals surface area contributed by atoms with Gasteiger partial charge in [0.2, 0.25) is 0 Å². The number of nitrogens with zero attached hydrogens (tertiary/aromatic N) is 2. The second kappa shape index (κ2) is 8.10.